The lowest BCUT2D eigenvalue weighted by atomic mass is 10.3. The Morgan fingerprint density at radius 3 is 2.75 bits per heavy atom. The average molecular weight is 224 g/mol. The van der Waals surface area contributed by atoms with Gasteiger partial charge in [0.25, 0.3) is 5.91 Å². The summed E-state index contributed by atoms with van der Waals surface area (Å²) in [6.45, 7) is 4.80. The number of H-pyrrole nitrogens is 1. The van der Waals surface area contributed by atoms with Crippen LogP contribution in [0.5, 0.6) is 0 Å². The third-order valence-electron chi connectivity index (χ3n) is 2.12. The molecule has 16 heavy (non-hydrogen) atoms. The predicted molar refractivity (Wildman–Crippen MR) is 58.8 cm³/mol. The van der Waals surface area contributed by atoms with Crippen LogP contribution in [0.4, 0.5) is 0 Å². The molecule has 6 heteroatoms. The zero-order valence-corrected chi connectivity index (χ0v) is 9.49. The summed E-state index contributed by atoms with van der Waals surface area (Å²) in [5.74, 6) is -0.344. The second-order valence-electron chi connectivity index (χ2n) is 3.26. The van der Waals surface area contributed by atoms with Crippen molar-refractivity contribution in [2.75, 3.05) is 19.6 Å². The average Bonchev–Trinajstić information content (AvgIpc) is 2.78. The molecule has 0 aliphatic rings. The van der Waals surface area contributed by atoms with Gasteiger partial charge in [0.05, 0.1) is 18.3 Å². The summed E-state index contributed by atoms with van der Waals surface area (Å²) in [5.41, 5.74) is 0.464. The normalized spacial score (nSPS) is 9.88. The van der Waals surface area contributed by atoms with E-state index in [4.69, 9.17) is 0 Å². The van der Waals surface area contributed by atoms with Gasteiger partial charge in [-0.1, -0.05) is 0 Å². The van der Waals surface area contributed by atoms with Crippen LogP contribution in [0.3, 0.4) is 0 Å². The second kappa shape index (κ2) is 5.89. The van der Waals surface area contributed by atoms with Crippen molar-refractivity contribution in [3.05, 3.63) is 18.0 Å². The van der Waals surface area contributed by atoms with Crippen LogP contribution >= 0.6 is 0 Å². The Morgan fingerprint density at radius 2 is 2.25 bits per heavy atom. The van der Waals surface area contributed by atoms with Crippen molar-refractivity contribution in [3.63, 3.8) is 0 Å². The molecule has 0 aromatic carbocycles. The Balaban J connectivity index is 2.61. The molecule has 0 saturated carbocycles. The number of carbonyl (C=O) groups excluding carboxylic acids is 2. The van der Waals surface area contributed by atoms with E-state index in [9.17, 15) is 9.59 Å². The molecule has 0 aliphatic heterocycles. The van der Waals surface area contributed by atoms with Crippen LogP contribution in [0, 0.1) is 0 Å². The van der Waals surface area contributed by atoms with Crippen molar-refractivity contribution in [1.82, 2.24) is 20.4 Å². The van der Waals surface area contributed by atoms with E-state index < -0.39 is 0 Å². The summed E-state index contributed by atoms with van der Waals surface area (Å²) in [7, 11) is 0. The first-order valence-electron chi connectivity index (χ1n) is 5.23. The van der Waals surface area contributed by atoms with E-state index in [0.29, 0.717) is 18.7 Å². The van der Waals surface area contributed by atoms with Crippen molar-refractivity contribution < 1.29 is 9.59 Å². The number of aromatic nitrogens is 2. The standard InChI is InChI=1S/C10H16N4O2/c1-3-11-9(15)7-14(4-2)10(16)8-5-12-13-6-8/h5-6H,3-4,7H2,1-2H3,(H,11,15)(H,12,13). The highest BCUT2D eigenvalue weighted by Gasteiger charge is 2.17. The molecule has 0 spiro atoms. The number of amides is 2. The molecule has 1 rings (SSSR count). The molecule has 1 heterocycles. The first kappa shape index (κ1) is 12.2. The van der Waals surface area contributed by atoms with Gasteiger partial charge in [0.2, 0.25) is 5.91 Å². The minimum absolute atomic E-state index is 0.0777. The molecule has 0 aliphatic carbocycles. The van der Waals surface area contributed by atoms with Gasteiger partial charge in [0, 0.05) is 19.3 Å². The van der Waals surface area contributed by atoms with E-state index >= 15 is 0 Å². The summed E-state index contributed by atoms with van der Waals surface area (Å²) in [4.78, 5) is 24.7. The summed E-state index contributed by atoms with van der Waals surface area (Å²) in [6.07, 6.45) is 2.96. The van der Waals surface area contributed by atoms with Crippen LogP contribution in [0.1, 0.15) is 24.2 Å². The zero-order chi connectivity index (χ0) is 12.0. The van der Waals surface area contributed by atoms with Gasteiger partial charge in [-0.25, -0.2) is 0 Å². The van der Waals surface area contributed by atoms with Crippen molar-refractivity contribution in [2.45, 2.75) is 13.8 Å². The van der Waals surface area contributed by atoms with Gasteiger partial charge in [-0.2, -0.15) is 5.10 Å². The second-order valence-corrected chi connectivity index (χ2v) is 3.26. The Bertz CT molecular complexity index is 348. The van der Waals surface area contributed by atoms with Gasteiger partial charge in [-0.15, -0.1) is 0 Å². The lowest BCUT2D eigenvalue weighted by molar-refractivity contribution is -0.121. The number of likely N-dealkylation sites (N-methyl/N-ethyl adjacent to an activating group) is 2. The minimum Gasteiger partial charge on any atom is -0.355 e. The number of hydrogen-bond acceptors (Lipinski definition) is 3. The number of hydrogen-bond donors (Lipinski definition) is 2. The van der Waals surface area contributed by atoms with Gasteiger partial charge in [0.1, 0.15) is 0 Å². The topological polar surface area (TPSA) is 78.1 Å². The van der Waals surface area contributed by atoms with E-state index in [0.717, 1.165) is 0 Å². The molecule has 0 bridgehead atoms. The van der Waals surface area contributed by atoms with Crippen LogP contribution in [0.15, 0.2) is 12.4 Å². The lowest BCUT2D eigenvalue weighted by Crippen LogP contribution is -2.40. The Kier molecular flexibility index (Phi) is 4.50. The molecule has 0 saturated heterocycles. The smallest absolute Gasteiger partial charge is 0.257 e. The van der Waals surface area contributed by atoms with Crippen LogP contribution in [0.2, 0.25) is 0 Å². The number of carbonyl (C=O) groups is 2. The van der Waals surface area contributed by atoms with Crippen molar-refractivity contribution in [1.29, 1.82) is 0 Å². The Labute approximate surface area is 94.0 Å². The summed E-state index contributed by atoms with van der Waals surface area (Å²) >= 11 is 0. The van der Waals surface area contributed by atoms with E-state index in [1.165, 1.54) is 17.3 Å². The zero-order valence-electron chi connectivity index (χ0n) is 9.49. The third-order valence-corrected chi connectivity index (χ3v) is 2.12. The summed E-state index contributed by atoms with van der Waals surface area (Å²) < 4.78 is 0. The van der Waals surface area contributed by atoms with Crippen molar-refractivity contribution >= 4 is 11.8 Å². The van der Waals surface area contributed by atoms with E-state index in [-0.39, 0.29) is 18.4 Å². The maximum absolute atomic E-state index is 11.9. The molecular formula is C10H16N4O2. The van der Waals surface area contributed by atoms with Crippen molar-refractivity contribution in [2.24, 2.45) is 0 Å². The number of nitrogens with one attached hydrogen (secondary N) is 2. The maximum atomic E-state index is 11.9. The lowest BCUT2D eigenvalue weighted by Gasteiger charge is -2.19. The molecule has 6 nitrogen and oxygen atoms in total. The third kappa shape index (κ3) is 3.08. The van der Waals surface area contributed by atoms with E-state index in [1.54, 1.807) is 0 Å². The molecule has 2 amide bonds. The predicted octanol–water partition coefficient (Wildman–Crippen LogP) is 0.00790. The fourth-order valence-electron chi connectivity index (χ4n) is 1.30. The van der Waals surface area contributed by atoms with E-state index in [2.05, 4.69) is 15.5 Å². The molecule has 2 N–H and O–H groups in total. The van der Waals surface area contributed by atoms with Gasteiger partial charge in [0.15, 0.2) is 0 Å². The SMILES string of the molecule is CCNC(=O)CN(CC)C(=O)c1cn[nH]c1. The van der Waals surface area contributed by atoms with Gasteiger partial charge in [-0.05, 0) is 13.8 Å². The number of nitrogens with zero attached hydrogens (tertiary/aromatic N) is 2. The monoisotopic (exact) mass is 224 g/mol. The highest BCUT2D eigenvalue weighted by atomic mass is 16.2. The summed E-state index contributed by atoms with van der Waals surface area (Å²) in [5, 5.41) is 8.93. The highest BCUT2D eigenvalue weighted by molar-refractivity contribution is 5.96. The molecule has 0 unspecified atom stereocenters. The van der Waals surface area contributed by atoms with E-state index in [1.807, 2.05) is 13.8 Å². The van der Waals surface area contributed by atoms with Gasteiger partial charge >= 0.3 is 0 Å². The van der Waals surface area contributed by atoms with Crippen LogP contribution in [-0.2, 0) is 4.79 Å². The molecular weight excluding hydrogens is 208 g/mol. The van der Waals surface area contributed by atoms with Crippen LogP contribution in [-0.4, -0.2) is 46.5 Å². The Hall–Kier alpha value is -1.85. The minimum atomic E-state index is -0.192. The van der Waals surface area contributed by atoms with Crippen molar-refractivity contribution in [3.8, 4) is 0 Å². The molecule has 0 atom stereocenters. The fraction of sp³-hybridized carbons (Fsp3) is 0.500. The number of rotatable bonds is 5. The van der Waals surface area contributed by atoms with Gasteiger partial charge in [-0.3, -0.25) is 14.7 Å². The first-order valence-corrected chi connectivity index (χ1v) is 5.23. The summed E-state index contributed by atoms with van der Waals surface area (Å²) in [6, 6.07) is 0. The first-order chi connectivity index (χ1) is 7.69. The molecule has 88 valence electrons. The van der Waals surface area contributed by atoms with Crippen LogP contribution < -0.4 is 5.32 Å². The highest BCUT2D eigenvalue weighted by Crippen LogP contribution is 2.01. The maximum Gasteiger partial charge on any atom is 0.257 e. The fourth-order valence-corrected chi connectivity index (χ4v) is 1.30. The van der Waals surface area contributed by atoms with Crippen LogP contribution in [0.25, 0.3) is 0 Å². The molecule has 0 fully saturated rings. The van der Waals surface area contributed by atoms with Gasteiger partial charge < -0.3 is 10.2 Å². The molecule has 1 aromatic rings. The Morgan fingerprint density at radius 1 is 1.50 bits per heavy atom. The molecule has 1 aromatic heterocycles. The largest absolute Gasteiger partial charge is 0.355 e. The number of aromatic amines is 1. The molecule has 0 radical (unpaired) electrons. The quantitative estimate of drug-likeness (QED) is 0.739.